The third-order valence-electron chi connectivity index (χ3n) is 4.54. The van der Waals surface area contributed by atoms with Crippen molar-refractivity contribution >= 4 is 5.91 Å². The van der Waals surface area contributed by atoms with Gasteiger partial charge in [0, 0.05) is 14.8 Å². The smallest absolute Gasteiger partial charge is 0.222 e. The molecule has 0 aromatic heterocycles. The van der Waals surface area contributed by atoms with Gasteiger partial charge in [0.2, 0.25) is 5.91 Å². The molecule has 7 nitrogen and oxygen atoms in total. The van der Waals surface area contributed by atoms with E-state index in [-0.39, 0.29) is 12.3 Å². The van der Waals surface area contributed by atoms with Crippen LogP contribution in [-0.4, -0.2) is 75.5 Å². The van der Waals surface area contributed by atoms with Crippen molar-refractivity contribution in [2.24, 2.45) is 0 Å². The van der Waals surface area contributed by atoms with Crippen LogP contribution in [0.25, 0.3) is 0 Å². The highest BCUT2D eigenvalue weighted by atomic mass is 16.6. The SMILES string of the molecule is [2H]CN(C(=O)CCCCCCCCC)[C@H]1C(O)O[C@H](CO)[C@@H](O)[C@@H]1O. The summed E-state index contributed by atoms with van der Waals surface area (Å²) in [6, 6.07) is -1.22. The van der Waals surface area contributed by atoms with E-state index >= 15 is 0 Å². The molecule has 0 spiro atoms. The van der Waals surface area contributed by atoms with E-state index in [0.29, 0.717) is 6.42 Å². The number of unbranched alkanes of at least 4 members (excludes halogenated alkanes) is 6. The van der Waals surface area contributed by atoms with Crippen LogP contribution in [0.3, 0.4) is 0 Å². The van der Waals surface area contributed by atoms with Crippen LogP contribution in [0.4, 0.5) is 0 Å². The lowest BCUT2D eigenvalue weighted by molar-refractivity contribution is -0.268. The summed E-state index contributed by atoms with van der Waals surface area (Å²) in [6.45, 7) is 1.60. The van der Waals surface area contributed by atoms with Crippen molar-refractivity contribution in [3.63, 3.8) is 0 Å². The van der Waals surface area contributed by atoms with Gasteiger partial charge in [0.25, 0.3) is 0 Å². The Balaban J connectivity index is 2.49. The van der Waals surface area contributed by atoms with Gasteiger partial charge >= 0.3 is 0 Å². The van der Waals surface area contributed by atoms with Crippen molar-refractivity contribution in [2.75, 3.05) is 13.6 Å². The lowest BCUT2D eigenvalue weighted by atomic mass is 9.95. The Bertz CT molecular complexity index is 386. The zero-order valence-electron chi connectivity index (χ0n) is 15.5. The van der Waals surface area contributed by atoms with E-state index in [1.807, 2.05) is 0 Å². The van der Waals surface area contributed by atoms with E-state index in [2.05, 4.69) is 6.92 Å². The molecular formula is C17H33NO6. The maximum atomic E-state index is 12.4. The molecule has 0 bridgehead atoms. The number of hydrogen-bond acceptors (Lipinski definition) is 6. The second-order valence-electron chi connectivity index (χ2n) is 6.45. The predicted octanol–water partition coefficient (Wildman–Crippen LogP) is 0.385. The van der Waals surface area contributed by atoms with Gasteiger partial charge in [0.1, 0.15) is 24.4 Å². The third-order valence-corrected chi connectivity index (χ3v) is 4.54. The van der Waals surface area contributed by atoms with E-state index < -0.39 is 44.3 Å². The van der Waals surface area contributed by atoms with Crippen LogP contribution >= 0.6 is 0 Å². The standard InChI is InChI=1S/C17H33NO6/c1-3-4-5-6-7-8-9-10-13(20)18(2)14-16(22)15(21)12(11-19)24-17(14)23/h12,14-17,19,21-23H,3-11H2,1-2H3/t12-,14-,15-,16-,17?/m1/s1/i2D. The molecule has 1 aliphatic heterocycles. The lowest BCUT2D eigenvalue weighted by Crippen LogP contribution is -2.64. The van der Waals surface area contributed by atoms with Crippen LogP contribution in [0, 0.1) is 0 Å². The average Bonchev–Trinajstić information content (AvgIpc) is 2.60. The topological polar surface area (TPSA) is 110 Å². The van der Waals surface area contributed by atoms with E-state index in [1.54, 1.807) is 0 Å². The minimum absolute atomic E-state index is 0.224. The van der Waals surface area contributed by atoms with Crippen LogP contribution in [-0.2, 0) is 9.53 Å². The van der Waals surface area contributed by atoms with Gasteiger partial charge in [-0.2, -0.15) is 0 Å². The molecule has 1 rings (SSSR count). The zero-order valence-corrected chi connectivity index (χ0v) is 14.5. The van der Waals surface area contributed by atoms with Crippen LogP contribution in [0.2, 0.25) is 0 Å². The quantitative estimate of drug-likeness (QED) is 0.425. The van der Waals surface area contributed by atoms with Crippen molar-refractivity contribution in [1.29, 1.82) is 0 Å². The first kappa shape index (κ1) is 19.6. The molecule has 142 valence electrons. The average molecular weight is 348 g/mol. The molecule has 0 radical (unpaired) electrons. The van der Waals surface area contributed by atoms with Gasteiger partial charge in [-0.05, 0) is 6.42 Å². The fourth-order valence-electron chi connectivity index (χ4n) is 2.96. The summed E-state index contributed by atoms with van der Waals surface area (Å²) in [4.78, 5) is 13.4. The molecule has 24 heavy (non-hydrogen) atoms. The second-order valence-corrected chi connectivity index (χ2v) is 6.45. The van der Waals surface area contributed by atoms with Crippen LogP contribution in [0.15, 0.2) is 0 Å². The molecule has 5 atom stereocenters. The fraction of sp³-hybridized carbons (Fsp3) is 0.941. The van der Waals surface area contributed by atoms with Crippen LogP contribution < -0.4 is 0 Å². The Morgan fingerprint density at radius 1 is 1.08 bits per heavy atom. The molecule has 0 aliphatic carbocycles. The molecule has 0 saturated carbocycles. The normalized spacial score (nSPS) is 30.9. The summed E-state index contributed by atoms with van der Waals surface area (Å²) >= 11 is 0. The number of likely N-dealkylation sites (N-methyl/N-ethyl adjacent to an activating group) is 1. The third kappa shape index (κ3) is 5.97. The minimum Gasteiger partial charge on any atom is -0.394 e. The molecule has 1 heterocycles. The Morgan fingerprint density at radius 2 is 1.71 bits per heavy atom. The molecule has 4 N–H and O–H groups in total. The molecule has 1 aliphatic rings. The number of nitrogens with zero attached hydrogens (tertiary/aromatic N) is 1. The summed E-state index contributed by atoms with van der Waals surface area (Å²) in [5.74, 6) is -0.357. The van der Waals surface area contributed by atoms with E-state index in [9.17, 15) is 20.1 Å². The fourth-order valence-corrected chi connectivity index (χ4v) is 2.96. The maximum Gasteiger partial charge on any atom is 0.222 e. The molecule has 0 aromatic carbocycles. The highest BCUT2D eigenvalue weighted by Crippen LogP contribution is 2.24. The lowest BCUT2D eigenvalue weighted by Gasteiger charge is -2.43. The monoisotopic (exact) mass is 348 g/mol. The van der Waals surface area contributed by atoms with Gasteiger partial charge in [0.15, 0.2) is 6.29 Å². The number of carbonyl (C=O) groups is 1. The molecular weight excluding hydrogens is 314 g/mol. The van der Waals surface area contributed by atoms with Crippen molar-refractivity contribution in [1.82, 2.24) is 4.90 Å². The Hall–Kier alpha value is -0.730. The van der Waals surface area contributed by atoms with Gasteiger partial charge in [-0.15, -0.1) is 0 Å². The minimum atomic E-state index is -1.56. The van der Waals surface area contributed by atoms with Crippen molar-refractivity contribution < 1.29 is 31.3 Å². The Kier molecular flexibility index (Phi) is 8.98. The Morgan fingerprint density at radius 3 is 2.29 bits per heavy atom. The van der Waals surface area contributed by atoms with E-state index in [0.717, 1.165) is 24.2 Å². The summed E-state index contributed by atoms with van der Waals surface area (Å²) < 4.78 is 12.6. The van der Waals surface area contributed by atoms with E-state index in [4.69, 9.17) is 11.2 Å². The molecule has 7 heteroatoms. The zero-order chi connectivity index (χ0) is 18.8. The molecule has 1 fully saturated rings. The molecule has 0 aromatic rings. The first-order chi connectivity index (χ1) is 12.0. The number of hydrogen-bond donors (Lipinski definition) is 4. The number of aliphatic hydroxyl groups is 4. The summed E-state index contributed by atoms with van der Waals surface area (Å²) in [5.41, 5.74) is 0. The summed E-state index contributed by atoms with van der Waals surface area (Å²) in [5, 5.41) is 39.2. The first-order valence-electron chi connectivity index (χ1n) is 9.57. The number of carbonyl (C=O) groups excluding carboxylic acids is 1. The highest BCUT2D eigenvalue weighted by molar-refractivity contribution is 5.76. The second kappa shape index (κ2) is 11.0. The first-order valence-corrected chi connectivity index (χ1v) is 8.87. The number of aliphatic hydroxyl groups excluding tert-OH is 4. The maximum absolute atomic E-state index is 12.4. The van der Waals surface area contributed by atoms with Gasteiger partial charge in [-0.25, -0.2) is 0 Å². The largest absolute Gasteiger partial charge is 0.394 e. The van der Waals surface area contributed by atoms with Gasteiger partial charge in [-0.3, -0.25) is 4.79 Å². The number of amides is 1. The number of ether oxygens (including phenoxy) is 1. The summed E-state index contributed by atoms with van der Waals surface area (Å²) in [7, 11) is -0.450. The van der Waals surface area contributed by atoms with Gasteiger partial charge in [-0.1, -0.05) is 45.4 Å². The Labute approximate surface area is 145 Å². The highest BCUT2D eigenvalue weighted by Gasteiger charge is 2.46. The van der Waals surface area contributed by atoms with E-state index in [1.165, 1.54) is 19.3 Å². The summed E-state index contributed by atoms with van der Waals surface area (Å²) in [6.07, 6.45) is 2.05. The van der Waals surface area contributed by atoms with Gasteiger partial charge in [0.05, 0.1) is 6.61 Å². The molecule has 1 saturated heterocycles. The van der Waals surface area contributed by atoms with Crippen LogP contribution in [0.5, 0.6) is 0 Å². The van der Waals surface area contributed by atoms with Gasteiger partial charge < -0.3 is 30.1 Å². The molecule has 1 unspecified atom stereocenters. The van der Waals surface area contributed by atoms with Crippen LogP contribution in [0.1, 0.15) is 59.7 Å². The molecule has 1 amide bonds. The van der Waals surface area contributed by atoms with Crippen molar-refractivity contribution in [2.45, 2.75) is 88.9 Å². The number of rotatable bonds is 10. The van der Waals surface area contributed by atoms with Crippen molar-refractivity contribution in [3.05, 3.63) is 0 Å². The van der Waals surface area contributed by atoms with Crippen molar-refractivity contribution in [3.8, 4) is 0 Å². The predicted molar refractivity (Wildman–Crippen MR) is 89.1 cm³/mol.